The first kappa shape index (κ1) is 18.2. The molecule has 0 saturated heterocycles. The van der Waals surface area contributed by atoms with Crippen LogP contribution in [0.5, 0.6) is 0 Å². The highest BCUT2D eigenvalue weighted by molar-refractivity contribution is 5.02. The fourth-order valence-electron chi connectivity index (χ4n) is 2.03. The quantitative estimate of drug-likeness (QED) is 0.298. The first-order valence-corrected chi connectivity index (χ1v) is 7.92. The normalized spacial score (nSPS) is 13.2. The molecule has 0 aromatic carbocycles. The van der Waals surface area contributed by atoms with Crippen molar-refractivity contribution in [3.8, 4) is 0 Å². The average Bonchev–Trinajstić information content (AvgIpc) is 2.37. The molecule has 0 heteroatoms. The Morgan fingerprint density at radius 1 is 0.947 bits per heavy atom. The van der Waals surface area contributed by atoms with Crippen LogP contribution in [0, 0.1) is 5.92 Å². The summed E-state index contributed by atoms with van der Waals surface area (Å²) in [5.41, 5.74) is 4.47. The topological polar surface area (TPSA) is 0 Å². The Morgan fingerprint density at radius 3 is 2.16 bits per heavy atom. The van der Waals surface area contributed by atoms with Crippen LogP contribution in [0.4, 0.5) is 0 Å². The first-order chi connectivity index (χ1) is 8.97. The van der Waals surface area contributed by atoms with Crippen molar-refractivity contribution in [2.75, 3.05) is 0 Å². The minimum Gasteiger partial charge on any atom is -0.0996 e. The molecule has 0 aromatic heterocycles. The van der Waals surface area contributed by atoms with Gasteiger partial charge in [-0.25, -0.2) is 0 Å². The zero-order valence-corrected chi connectivity index (χ0v) is 13.9. The maximum Gasteiger partial charge on any atom is -0.0263 e. The largest absolute Gasteiger partial charge is 0.0996 e. The Kier molecular flexibility index (Phi) is 10.6. The lowest BCUT2D eigenvalue weighted by molar-refractivity contribution is 0.680. The van der Waals surface area contributed by atoms with Crippen molar-refractivity contribution in [3.05, 3.63) is 35.5 Å². The van der Waals surface area contributed by atoms with E-state index in [1.165, 1.54) is 56.1 Å². The Morgan fingerprint density at radius 2 is 1.58 bits per heavy atom. The maximum atomic E-state index is 4.14. The Balaban J connectivity index is 3.63. The molecule has 0 N–H and O–H groups in total. The standard InChI is InChI=1S/C19H34/c1-7-17(4)12-9-8-10-13-18(5)14-11-15-19(6)16(2)3/h7,13,16H,6,8-12,14-15H2,1-5H3. The van der Waals surface area contributed by atoms with E-state index >= 15 is 0 Å². The van der Waals surface area contributed by atoms with E-state index in [1.54, 1.807) is 5.57 Å². The van der Waals surface area contributed by atoms with Crippen molar-refractivity contribution in [3.63, 3.8) is 0 Å². The predicted molar refractivity (Wildman–Crippen MR) is 89.5 cm³/mol. The van der Waals surface area contributed by atoms with Gasteiger partial charge in [-0.3, -0.25) is 0 Å². The number of hydrogen-bond donors (Lipinski definition) is 0. The summed E-state index contributed by atoms with van der Waals surface area (Å²) in [5.74, 6) is 0.638. The van der Waals surface area contributed by atoms with Gasteiger partial charge in [-0.15, -0.1) is 0 Å². The molecule has 110 valence electrons. The molecule has 0 fully saturated rings. The molecule has 0 rings (SSSR count). The molecule has 0 aliphatic carbocycles. The van der Waals surface area contributed by atoms with Gasteiger partial charge in [0, 0.05) is 0 Å². The van der Waals surface area contributed by atoms with Crippen molar-refractivity contribution in [2.24, 2.45) is 5.92 Å². The third-order valence-electron chi connectivity index (χ3n) is 3.90. The molecule has 0 nitrogen and oxygen atoms in total. The Hall–Kier alpha value is -0.780. The van der Waals surface area contributed by atoms with Crippen LogP contribution in [0.15, 0.2) is 35.5 Å². The first-order valence-electron chi connectivity index (χ1n) is 7.92. The van der Waals surface area contributed by atoms with Crippen molar-refractivity contribution in [1.29, 1.82) is 0 Å². The van der Waals surface area contributed by atoms with Crippen LogP contribution in [-0.4, -0.2) is 0 Å². The number of hydrogen-bond acceptors (Lipinski definition) is 0. The molecule has 0 spiro atoms. The monoisotopic (exact) mass is 262 g/mol. The molecule has 0 bridgehead atoms. The minimum absolute atomic E-state index is 0.638. The van der Waals surface area contributed by atoms with Crippen LogP contribution < -0.4 is 0 Å². The molecule has 0 aliphatic heterocycles. The molecule has 0 heterocycles. The van der Waals surface area contributed by atoms with Crippen LogP contribution in [0.2, 0.25) is 0 Å². The van der Waals surface area contributed by atoms with Gasteiger partial charge in [-0.2, -0.15) is 0 Å². The Bertz CT molecular complexity index is 302. The van der Waals surface area contributed by atoms with Gasteiger partial charge in [-0.05, 0) is 71.6 Å². The van der Waals surface area contributed by atoms with Crippen LogP contribution in [0.3, 0.4) is 0 Å². The SMILES string of the molecule is C=C(CCCC(C)=CCCCCC(C)=CC)C(C)C. The van der Waals surface area contributed by atoms with Gasteiger partial charge >= 0.3 is 0 Å². The average molecular weight is 262 g/mol. The second-order valence-electron chi connectivity index (χ2n) is 6.10. The van der Waals surface area contributed by atoms with E-state index in [-0.39, 0.29) is 0 Å². The molecule has 19 heavy (non-hydrogen) atoms. The molecule has 0 atom stereocenters. The van der Waals surface area contributed by atoms with E-state index in [4.69, 9.17) is 0 Å². The van der Waals surface area contributed by atoms with Gasteiger partial charge in [-0.1, -0.05) is 49.3 Å². The summed E-state index contributed by atoms with van der Waals surface area (Å²) >= 11 is 0. The second-order valence-corrected chi connectivity index (χ2v) is 6.10. The Labute approximate surface area is 121 Å². The predicted octanol–water partition coefficient (Wildman–Crippen LogP) is 6.84. The number of allylic oxidation sites excluding steroid dienone is 5. The molecule has 0 aliphatic rings. The molecular formula is C19H34. The molecule has 0 amide bonds. The zero-order chi connectivity index (χ0) is 14.7. The van der Waals surface area contributed by atoms with E-state index in [9.17, 15) is 0 Å². The van der Waals surface area contributed by atoms with Crippen molar-refractivity contribution >= 4 is 0 Å². The number of unbranched alkanes of at least 4 members (excludes halogenated alkanes) is 2. The molecule has 0 radical (unpaired) electrons. The zero-order valence-electron chi connectivity index (χ0n) is 13.9. The summed E-state index contributed by atoms with van der Waals surface area (Å²) in [6.07, 6.45) is 13.5. The van der Waals surface area contributed by atoms with Crippen LogP contribution in [-0.2, 0) is 0 Å². The molecule has 0 aromatic rings. The number of rotatable bonds is 10. The van der Waals surface area contributed by atoms with E-state index in [0.29, 0.717) is 5.92 Å². The van der Waals surface area contributed by atoms with E-state index in [2.05, 4.69) is 53.3 Å². The summed E-state index contributed by atoms with van der Waals surface area (Å²) in [4.78, 5) is 0. The third-order valence-corrected chi connectivity index (χ3v) is 3.90. The van der Waals surface area contributed by atoms with Gasteiger partial charge in [0.2, 0.25) is 0 Å². The van der Waals surface area contributed by atoms with Crippen molar-refractivity contribution in [1.82, 2.24) is 0 Å². The van der Waals surface area contributed by atoms with Crippen molar-refractivity contribution < 1.29 is 0 Å². The van der Waals surface area contributed by atoms with Crippen LogP contribution in [0.1, 0.15) is 79.6 Å². The van der Waals surface area contributed by atoms with Crippen LogP contribution >= 0.6 is 0 Å². The van der Waals surface area contributed by atoms with Gasteiger partial charge in [0.05, 0.1) is 0 Å². The van der Waals surface area contributed by atoms with Crippen molar-refractivity contribution in [2.45, 2.75) is 79.6 Å². The van der Waals surface area contributed by atoms with Gasteiger partial charge in [0.1, 0.15) is 0 Å². The van der Waals surface area contributed by atoms with Crippen LogP contribution in [0.25, 0.3) is 0 Å². The lowest BCUT2D eigenvalue weighted by atomic mass is 9.97. The summed E-state index contributed by atoms with van der Waals surface area (Å²) in [5, 5.41) is 0. The fourth-order valence-corrected chi connectivity index (χ4v) is 2.03. The minimum atomic E-state index is 0.638. The summed E-state index contributed by atoms with van der Waals surface area (Å²) < 4.78 is 0. The molecular weight excluding hydrogens is 228 g/mol. The third kappa shape index (κ3) is 10.8. The highest BCUT2D eigenvalue weighted by atomic mass is 14.1. The second kappa shape index (κ2) is 11.1. The van der Waals surface area contributed by atoms with E-state index in [1.807, 2.05) is 0 Å². The molecule has 0 saturated carbocycles. The van der Waals surface area contributed by atoms with Gasteiger partial charge in [0.25, 0.3) is 0 Å². The smallest absolute Gasteiger partial charge is 0.0263 e. The lowest BCUT2D eigenvalue weighted by Crippen LogP contribution is -1.92. The maximum absolute atomic E-state index is 4.14. The summed E-state index contributed by atoms with van der Waals surface area (Å²) in [6, 6.07) is 0. The summed E-state index contributed by atoms with van der Waals surface area (Å²) in [6.45, 7) is 15.2. The van der Waals surface area contributed by atoms with E-state index < -0.39 is 0 Å². The van der Waals surface area contributed by atoms with Gasteiger partial charge < -0.3 is 0 Å². The molecule has 0 unspecified atom stereocenters. The highest BCUT2D eigenvalue weighted by Crippen LogP contribution is 2.17. The summed E-state index contributed by atoms with van der Waals surface area (Å²) in [7, 11) is 0. The van der Waals surface area contributed by atoms with Gasteiger partial charge in [0.15, 0.2) is 0 Å². The lowest BCUT2D eigenvalue weighted by Gasteiger charge is -2.09. The fraction of sp³-hybridized carbons (Fsp3) is 0.684. The van der Waals surface area contributed by atoms with E-state index in [0.717, 1.165) is 0 Å². The highest BCUT2D eigenvalue weighted by Gasteiger charge is 2.00.